The fourth-order valence-electron chi connectivity index (χ4n) is 4.40. The summed E-state index contributed by atoms with van der Waals surface area (Å²) in [6.45, 7) is 7.85. The van der Waals surface area contributed by atoms with Gasteiger partial charge in [0.25, 0.3) is 5.91 Å². The number of hydrogen-bond donors (Lipinski definition) is 1. The van der Waals surface area contributed by atoms with Crippen molar-refractivity contribution in [3.8, 4) is 0 Å². The van der Waals surface area contributed by atoms with Crippen molar-refractivity contribution < 1.29 is 9.59 Å². The predicted octanol–water partition coefficient (Wildman–Crippen LogP) is 2.90. The molecule has 3 rings (SSSR count). The van der Waals surface area contributed by atoms with E-state index in [1.54, 1.807) is 0 Å². The highest BCUT2D eigenvalue weighted by atomic mass is 16.2. The molecule has 1 aliphatic heterocycles. The summed E-state index contributed by atoms with van der Waals surface area (Å²) in [6, 6.07) is 6.31. The van der Waals surface area contributed by atoms with E-state index in [-0.39, 0.29) is 17.9 Å². The van der Waals surface area contributed by atoms with Crippen molar-refractivity contribution >= 4 is 11.8 Å². The summed E-state index contributed by atoms with van der Waals surface area (Å²) in [5.41, 5.74) is 2.98. The number of carbonyl (C=O) groups is 2. The quantitative estimate of drug-likeness (QED) is 0.866. The standard InChI is InChI=1S/C22H33N3O2/c1-17-14-18(2)16-19(15-17)22(27)25(20-6-4-3-5-7-20)11-8-21(26)24-12-9-23-10-13-24/h14-16,20,23H,3-13H2,1-2H3. The largest absolute Gasteiger partial charge is 0.340 e. The van der Waals surface area contributed by atoms with Gasteiger partial charge < -0.3 is 15.1 Å². The smallest absolute Gasteiger partial charge is 0.254 e. The molecule has 1 N–H and O–H groups in total. The maximum Gasteiger partial charge on any atom is 0.254 e. The number of nitrogens with one attached hydrogen (secondary N) is 1. The minimum Gasteiger partial charge on any atom is -0.340 e. The molecule has 27 heavy (non-hydrogen) atoms. The highest BCUT2D eigenvalue weighted by Crippen LogP contribution is 2.25. The van der Waals surface area contributed by atoms with Crippen molar-refractivity contribution in [2.45, 2.75) is 58.4 Å². The van der Waals surface area contributed by atoms with Crippen molar-refractivity contribution in [2.24, 2.45) is 0 Å². The Morgan fingerprint density at radius 3 is 2.30 bits per heavy atom. The zero-order valence-electron chi connectivity index (χ0n) is 16.8. The topological polar surface area (TPSA) is 52.7 Å². The summed E-state index contributed by atoms with van der Waals surface area (Å²) in [4.78, 5) is 29.9. The lowest BCUT2D eigenvalue weighted by atomic mass is 9.93. The minimum absolute atomic E-state index is 0.0850. The Bertz CT molecular complexity index is 641. The first-order valence-electron chi connectivity index (χ1n) is 10.4. The monoisotopic (exact) mass is 371 g/mol. The van der Waals surface area contributed by atoms with Crippen LogP contribution in [0.25, 0.3) is 0 Å². The SMILES string of the molecule is Cc1cc(C)cc(C(=O)N(CCC(=O)N2CCNCC2)C2CCCCC2)c1. The van der Waals surface area contributed by atoms with Crippen LogP contribution in [0, 0.1) is 13.8 Å². The maximum absolute atomic E-state index is 13.3. The second-order valence-electron chi connectivity index (χ2n) is 8.05. The molecular formula is C22H33N3O2. The minimum atomic E-state index is 0.0850. The van der Waals surface area contributed by atoms with Gasteiger partial charge in [0.05, 0.1) is 0 Å². The van der Waals surface area contributed by atoms with Crippen LogP contribution in [0.15, 0.2) is 18.2 Å². The van der Waals surface area contributed by atoms with Crippen LogP contribution in [0.3, 0.4) is 0 Å². The molecule has 1 aromatic carbocycles. The number of aryl methyl sites for hydroxylation is 2. The molecule has 1 aromatic rings. The van der Waals surface area contributed by atoms with E-state index in [0.29, 0.717) is 13.0 Å². The Morgan fingerprint density at radius 2 is 1.67 bits per heavy atom. The van der Waals surface area contributed by atoms with E-state index in [1.165, 1.54) is 19.3 Å². The summed E-state index contributed by atoms with van der Waals surface area (Å²) in [7, 11) is 0. The molecule has 5 heteroatoms. The van der Waals surface area contributed by atoms with Crippen LogP contribution in [0.4, 0.5) is 0 Å². The van der Waals surface area contributed by atoms with Crippen molar-refractivity contribution in [3.05, 3.63) is 34.9 Å². The summed E-state index contributed by atoms with van der Waals surface area (Å²) in [6.07, 6.45) is 6.13. The second-order valence-corrected chi connectivity index (χ2v) is 8.05. The Morgan fingerprint density at radius 1 is 1.04 bits per heavy atom. The van der Waals surface area contributed by atoms with E-state index in [4.69, 9.17) is 0 Å². The van der Waals surface area contributed by atoms with Crippen molar-refractivity contribution in [3.63, 3.8) is 0 Å². The van der Waals surface area contributed by atoms with Gasteiger partial charge in [0.2, 0.25) is 5.91 Å². The number of nitrogens with zero attached hydrogens (tertiary/aromatic N) is 2. The van der Waals surface area contributed by atoms with E-state index in [1.807, 2.05) is 35.8 Å². The number of benzene rings is 1. The number of hydrogen-bond acceptors (Lipinski definition) is 3. The van der Waals surface area contributed by atoms with Gasteiger partial charge in [-0.2, -0.15) is 0 Å². The van der Waals surface area contributed by atoms with Crippen LogP contribution in [0.5, 0.6) is 0 Å². The predicted molar refractivity (Wildman–Crippen MR) is 108 cm³/mol. The Labute approximate surface area is 163 Å². The molecule has 0 atom stereocenters. The molecule has 2 amide bonds. The molecule has 1 heterocycles. The highest BCUT2D eigenvalue weighted by molar-refractivity contribution is 5.95. The normalized spacial score (nSPS) is 18.4. The first-order chi connectivity index (χ1) is 13.0. The van der Waals surface area contributed by atoms with Crippen LogP contribution in [0.2, 0.25) is 0 Å². The fourth-order valence-corrected chi connectivity index (χ4v) is 4.40. The van der Waals surface area contributed by atoms with Crippen LogP contribution < -0.4 is 5.32 Å². The molecule has 0 unspecified atom stereocenters. The van der Waals surface area contributed by atoms with Gasteiger partial charge in [0, 0.05) is 50.7 Å². The van der Waals surface area contributed by atoms with Gasteiger partial charge >= 0.3 is 0 Å². The van der Waals surface area contributed by atoms with Gasteiger partial charge in [-0.15, -0.1) is 0 Å². The Balaban J connectivity index is 1.71. The van der Waals surface area contributed by atoms with E-state index in [2.05, 4.69) is 11.4 Å². The number of carbonyl (C=O) groups excluding carboxylic acids is 2. The highest BCUT2D eigenvalue weighted by Gasteiger charge is 2.28. The molecule has 1 saturated heterocycles. The van der Waals surface area contributed by atoms with Crippen molar-refractivity contribution in [2.75, 3.05) is 32.7 Å². The third kappa shape index (κ3) is 5.32. The summed E-state index contributed by atoms with van der Waals surface area (Å²) < 4.78 is 0. The lowest BCUT2D eigenvalue weighted by Gasteiger charge is -2.35. The van der Waals surface area contributed by atoms with Crippen LogP contribution in [-0.2, 0) is 4.79 Å². The molecule has 2 aliphatic rings. The first-order valence-corrected chi connectivity index (χ1v) is 10.4. The van der Waals surface area contributed by atoms with Gasteiger partial charge in [-0.3, -0.25) is 9.59 Å². The van der Waals surface area contributed by atoms with E-state index in [0.717, 1.165) is 55.7 Å². The number of piperazine rings is 1. The lowest BCUT2D eigenvalue weighted by molar-refractivity contribution is -0.132. The number of amides is 2. The maximum atomic E-state index is 13.3. The van der Waals surface area contributed by atoms with Crippen LogP contribution in [0.1, 0.15) is 60.0 Å². The molecule has 2 fully saturated rings. The zero-order valence-corrected chi connectivity index (χ0v) is 16.8. The van der Waals surface area contributed by atoms with Gasteiger partial charge in [-0.1, -0.05) is 36.5 Å². The lowest BCUT2D eigenvalue weighted by Crippen LogP contribution is -2.48. The summed E-state index contributed by atoms with van der Waals surface area (Å²) >= 11 is 0. The molecule has 5 nitrogen and oxygen atoms in total. The number of rotatable bonds is 5. The summed E-state index contributed by atoms with van der Waals surface area (Å²) in [5.74, 6) is 0.257. The molecule has 148 valence electrons. The first kappa shape index (κ1) is 19.9. The van der Waals surface area contributed by atoms with Crippen molar-refractivity contribution in [1.82, 2.24) is 15.1 Å². The third-order valence-corrected chi connectivity index (χ3v) is 5.78. The molecule has 0 radical (unpaired) electrons. The fraction of sp³-hybridized carbons (Fsp3) is 0.636. The van der Waals surface area contributed by atoms with Gasteiger partial charge in [-0.25, -0.2) is 0 Å². The average Bonchev–Trinajstić information content (AvgIpc) is 2.68. The molecule has 0 spiro atoms. The third-order valence-electron chi connectivity index (χ3n) is 5.78. The molecule has 1 aliphatic carbocycles. The second kappa shape index (κ2) is 9.36. The molecule has 1 saturated carbocycles. The van der Waals surface area contributed by atoms with Gasteiger partial charge in [0.1, 0.15) is 0 Å². The Kier molecular flexibility index (Phi) is 6.89. The Hall–Kier alpha value is -1.88. The van der Waals surface area contributed by atoms with Crippen LogP contribution in [-0.4, -0.2) is 60.4 Å². The molecule has 0 aromatic heterocycles. The zero-order chi connectivity index (χ0) is 19.2. The van der Waals surface area contributed by atoms with E-state index >= 15 is 0 Å². The molecule has 0 bridgehead atoms. The van der Waals surface area contributed by atoms with E-state index in [9.17, 15) is 9.59 Å². The van der Waals surface area contributed by atoms with Gasteiger partial charge in [0.15, 0.2) is 0 Å². The van der Waals surface area contributed by atoms with Crippen LogP contribution >= 0.6 is 0 Å². The average molecular weight is 372 g/mol. The molecular weight excluding hydrogens is 338 g/mol. The summed E-state index contributed by atoms with van der Waals surface area (Å²) in [5, 5.41) is 3.28. The van der Waals surface area contributed by atoms with Crippen molar-refractivity contribution in [1.29, 1.82) is 0 Å². The van der Waals surface area contributed by atoms with E-state index < -0.39 is 0 Å². The van der Waals surface area contributed by atoms with Gasteiger partial charge in [-0.05, 0) is 38.8 Å².